The molecular formula is C22H28N6O2. The Bertz CT molecular complexity index is 950. The van der Waals surface area contributed by atoms with Crippen molar-refractivity contribution in [1.29, 1.82) is 0 Å². The molecule has 0 aliphatic heterocycles. The van der Waals surface area contributed by atoms with Crippen molar-refractivity contribution in [3.63, 3.8) is 0 Å². The van der Waals surface area contributed by atoms with E-state index in [0.29, 0.717) is 23.3 Å². The monoisotopic (exact) mass is 408 g/mol. The lowest BCUT2D eigenvalue weighted by Gasteiger charge is -2.14. The van der Waals surface area contributed by atoms with Gasteiger partial charge in [0, 0.05) is 30.6 Å². The van der Waals surface area contributed by atoms with Crippen molar-refractivity contribution in [1.82, 2.24) is 19.9 Å². The van der Waals surface area contributed by atoms with E-state index in [1.165, 1.54) is 0 Å². The fourth-order valence-corrected chi connectivity index (χ4v) is 2.89. The van der Waals surface area contributed by atoms with Crippen LogP contribution in [-0.4, -0.2) is 61.3 Å². The molecule has 0 saturated heterocycles. The van der Waals surface area contributed by atoms with Gasteiger partial charge in [0.15, 0.2) is 11.5 Å². The van der Waals surface area contributed by atoms with Gasteiger partial charge in [0.2, 0.25) is 5.95 Å². The quantitative estimate of drug-likeness (QED) is 0.492. The molecule has 1 aromatic carbocycles. The molecule has 0 unspecified atom stereocenters. The zero-order valence-electron chi connectivity index (χ0n) is 17.8. The van der Waals surface area contributed by atoms with Crippen molar-refractivity contribution in [2.45, 2.75) is 6.42 Å². The number of aromatic nitrogens is 3. The molecule has 2 heterocycles. The zero-order chi connectivity index (χ0) is 21.3. The second-order valence-electron chi connectivity index (χ2n) is 6.96. The molecular weight excluding hydrogens is 380 g/mol. The highest BCUT2D eigenvalue weighted by Gasteiger charge is 2.10. The standard InChI is InChI=1S/C22H28N6O2/c1-28(2)13-7-12-24-22-26-18(17-8-5-6-11-23-17)15-21(27-22)25-16-9-10-19(29-3)20(14-16)30-4/h5-6,8-11,14-15H,7,12-13H2,1-4H3,(H2,24,25,26,27). The van der Waals surface area contributed by atoms with E-state index in [1.807, 2.05) is 42.5 Å². The van der Waals surface area contributed by atoms with E-state index < -0.39 is 0 Å². The van der Waals surface area contributed by atoms with Gasteiger partial charge in [-0.15, -0.1) is 0 Å². The first-order valence-electron chi connectivity index (χ1n) is 9.77. The molecule has 0 amide bonds. The van der Waals surface area contributed by atoms with Crippen molar-refractivity contribution >= 4 is 17.5 Å². The van der Waals surface area contributed by atoms with Gasteiger partial charge in [-0.25, -0.2) is 4.98 Å². The predicted octanol–water partition coefficient (Wildman–Crippen LogP) is 3.66. The van der Waals surface area contributed by atoms with Gasteiger partial charge in [0.1, 0.15) is 5.82 Å². The minimum absolute atomic E-state index is 0.555. The van der Waals surface area contributed by atoms with E-state index in [9.17, 15) is 0 Å². The van der Waals surface area contributed by atoms with Crippen LogP contribution in [0.15, 0.2) is 48.7 Å². The third-order valence-electron chi connectivity index (χ3n) is 4.37. The molecule has 3 aromatic rings. The molecule has 0 aliphatic rings. The third-order valence-corrected chi connectivity index (χ3v) is 4.37. The Balaban J connectivity index is 1.86. The summed E-state index contributed by atoms with van der Waals surface area (Å²) >= 11 is 0. The molecule has 0 fully saturated rings. The van der Waals surface area contributed by atoms with Gasteiger partial charge in [0.05, 0.1) is 25.6 Å². The summed E-state index contributed by atoms with van der Waals surface area (Å²) in [7, 11) is 7.34. The van der Waals surface area contributed by atoms with Gasteiger partial charge in [-0.05, 0) is 51.3 Å². The summed E-state index contributed by atoms with van der Waals surface area (Å²) in [5.74, 6) is 2.53. The highest BCUT2D eigenvalue weighted by Crippen LogP contribution is 2.31. The zero-order valence-corrected chi connectivity index (χ0v) is 17.8. The maximum Gasteiger partial charge on any atom is 0.225 e. The highest BCUT2D eigenvalue weighted by atomic mass is 16.5. The molecule has 30 heavy (non-hydrogen) atoms. The van der Waals surface area contributed by atoms with Crippen LogP contribution in [-0.2, 0) is 0 Å². The number of nitrogens with zero attached hydrogens (tertiary/aromatic N) is 4. The lowest BCUT2D eigenvalue weighted by atomic mass is 10.2. The molecule has 0 bridgehead atoms. The fraction of sp³-hybridized carbons (Fsp3) is 0.318. The minimum Gasteiger partial charge on any atom is -0.493 e. The number of methoxy groups -OCH3 is 2. The Morgan fingerprint density at radius 3 is 2.47 bits per heavy atom. The van der Waals surface area contributed by atoms with E-state index in [2.05, 4.69) is 44.6 Å². The summed E-state index contributed by atoms with van der Waals surface area (Å²) in [6, 6.07) is 13.3. The largest absolute Gasteiger partial charge is 0.493 e. The topological polar surface area (TPSA) is 84.4 Å². The van der Waals surface area contributed by atoms with Gasteiger partial charge < -0.3 is 25.0 Å². The Morgan fingerprint density at radius 1 is 0.933 bits per heavy atom. The van der Waals surface area contributed by atoms with Gasteiger partial charge in [-0.2, -0.15) is 4.98 Å². The van der Waals surface area contributed by atoms with Gasteiger partial charge in [0.25, 0.3) is 0 Å². The average molecular weight is 409 g/mol. The molecule has 2 N–H and O–H groups in total. The van der Waals surface area contributed by atoms with Crippen LogP contribution in [0, 0.1) is 0 Å². The van der Waals surface area contributed by atoms with Crippen LogP contribution in [0.5, 0.6) is 11.5 Å². The van der Waals surface area contributed by atoms with Crippen molar-refractivity contribution < 1.29 is 9.47 Å². The number of rotatable bonds is 10. The van der Waals surface area contributed by atoms with Crippen molar-refractivity contribution in [3.05, 3.63) is 48.7 Å². The van der Waals surface area contributed by atoms with E-state index in [0.717, 1.165) is 36.6 Å². The molecule has 0 radical (unpaired) electrons. The third kappa shape index (κ3) is 5.81. The average Bonchev–Trinajstić information content (AvgIpc) is 2.77. The van der Waals surface area contributed by atoms with E-state index in [4.69, 9.17) is 9.47 Å². The Hall–Kier alpha value is -3.39. The van der Waals surface area contributed by atoms with Crippen LogP contribution in [0.25, 0.3) is 11.4 Å². The van der Waals surface area contributed by atoms with Gasteiger partial charge in [-0.1, -0.05) is 6.07 Å². The maximum absolute atomic E-state index is 5.39. The van der Waals surface area contributed by atoms with Crippen molar-refractivity contribution in [3.8, 4) is 22.9 Å². The number of nitrogens with one attached hydrogen (secondary N) is 2. The molecule has 158 valence electrons. The van der Waals surface area contributed by atoms with Crippen molar-refractivity contribution in [2.24, 2.45) is 0 Å². The maximum atomic E-state index is 5.39. The molecule has 8 nitrogen and oxygen atoms in total. The summed E-state index contributed by atoms with van der Waals surface area (Å²) < 4.78 is 10.7. The van der Waals surface area contributed by atoms with Crippen LogP contribution in [0.2, 0.25) is 0 Å². The van der Waals surface area contributed by atoms with E-state index in [-0.39, 0.29) is 0 Å². The molecule has 2 aromatic heterocycles. The SMILES string of the molecule is COc1ccc(Nc2cc(-c3ccccn3)nc(NCCCN(C)C)n2)cc1OC. The number of hydrogen-bond donors (Lipinski definition) is 2. The molecule has 0 atom stereocenters. The van der Waals surface area contributed by atoms with E-state index in [1.54, 1.807) is 20.4 Å². The first kappa shape index (κ1) is 21.3. The van der Waals surface area contributed by atoms with Crippen LogP contribution in [0.4, 0.5) is 17.5 Å². The van der Waals surface area contributed by atoms with Gasteiger partial charge >= 0.3 is 0 Å². The minimum atomic E-state index is 0.555. The van der Waals surface area contributed by atoms with Crippen molar-refractivity contribution in [2.75, 3.05) is 52.0 Å². The molecule has 0 saturated carbocycles. The summed E-state index contributed by atoms with van der Waals surface area (Å²) in [5, 5.41) is 6.64. The summed E-state index contributed by atoms with van der Waals surface area (Å²) in [6.07, 6.45) is 2.74. The number of hydrogen-bond acceptors (Lipinski definition) is 8. The predicted molar refractivity (Wildman–Crippen MR) is 120 cm³/mol. The Kier molecular flexibility index (Phi) is 7.40. The van der Waals surface area contributed by atoms with Crippen LogP contribution in [0.1, 0.15) is 6.42 Å². The summed E-state index contributed by atoms with van der Waals surface area (Å²) in [6.45, 7) is 1.77. The first-order chi connectivity index (χ1) is 14.6. The number of ether oxygens (including phenoxy) is 2. The lowest BCUT2D eigenvalue weighted by molar-refractivity contribution is 0.355. The fourth-order valence-electron chi connectivity index (χ4n) is 2.89. The number of anilines is 3. The summed E-state index contributed by atoms with van der Waals surface area (Å²) in [5.41, 5.74) is 2.35. The normalized spacial score (nSPS) is 10.7. The molecule has 8 heteroatoms. The molecule has 0 spiro atoms. The second kappa shape index (κ2) is 10.4. The second-order valence-corrected chi connectivity index (χ2v) is 6.96. The molecule has 0 aliphatic carbocycles. The summed E-state index contributed by atoms with van der Waals surface area (Å²) in [4.78, 5) is 15.8. The van der Waals surface area contributed by atoms with Gasteiger partial charge in [-0.3, -0.25) is 4.98 Å². The van der Waals surface area contributed by atoms with E-state index >= 15 is 0 Å². The smallest absolute Gasteiger partial charge is 0.225 e. The van der Waals surface area contributed by atoms with Crippen LogP contribution in [0.3, 0.4) is 0 Å². The lowest BCUT2D eigenvalue weighted by Crippen LogP contribution is -2.17. The highest BCUT2D eigenvalue weighted by molar-refractivity contribution is 5.67. The Morgan fingerprint density at radius 2 is 1.77 bits per heavy atom. The number of pyridine rings is 1. The number of benzene rings is 1. The first-order valence-corrected chi connectivity index (χ1v) is 9.77. The van der Waals surface area contributed by atoms with Crippen LogP contribution >= 0.6 is 0 Å². The van der Waals surface area contributed by atoms with Crippen LogP contribution < -0.4 is 20.1 Å². The molecule has 3 rings (SSSR count). The Labute approximate surface area is 177 Å².